The monoisotopic (exact) mass is 180 g/mol. The SMILES string of the molecule is COc1cc2c(cc1O)C[NH2+]CC2. The highest BCUT2D eigenvalue weighted by Gasteiger charge is 2.14. The second-order valence-electron chi connectivity index (χ2n) is 3.32. The van der Waals surface area contributed by atoms with Gasteiger partial charge < -0.3 is 15.2 Å². The molecule has 1 aromatic carbocycles. The van der Waals surface area contributed by atoms with Gasteiger partial charge in [-0.3, -0.25) is 0 Å². The fraction of sp³-hybridized carbons (Fsp3) is 0.400. The van der Waals surface area contributed by atoms with Crippen LogP contribution in [0.5, 0.6) is 11.5 Å². The van der Waals surface area contributed by atoms with Crippen molar-refractivity contribution in [3.63, 3.8) is 0 Å². The summed E-state index contributed by atoms with van der Waals surface area (Å²) >= 11 is 0. The summed E-state index contributed by atoms with van der Waals surface area (Å²) < 4.78 is 5.05. The Labute approximate surface area is 77.3 Å². The molecule has 0 saturated carbocycles. The summed E-state index contributed by atoms with van der Waals surface area (Å²) in [4.78, 5) is 0. The maximum atomic E-state index is 9.53. The van der Waals surface area contributed by atoms with Crippen LogP contribution in [0.25, 0.3) is 0 Å². The van der Waals surface area contributed by atoms with E-state index in [-0.39, 0.29) is 5.75 Å². The zero-order valence-electron chi connectivity index (χ0n) is 7.71. The Morgan fingerprint density at radius 1 is 1.38 bits per heavy atom. The molecule has 0 aromatic heterocycles. The molecule has 3 N–H and O–H groups in total. The van der Waals surface area contributed by atoms with Gasteiger partial charge in [-0.25, -0.2) is 0 Å². The number of phenolic OH excluding ortho intramolecular Hbond substituents is 1. The number of ether oxygens (including phenoxy) is 1. The lowest BCUT2D eigenvalue weighted by molar-refractivity contribution is -0.673. The maximum absolute atomic E-state index is 9.53. The number of fused-ring (bicyclic) bond motifs is 1. The van der Waals surface area contributed by atoms with E-state index >= 15 is 0 Å². The number of phenols is 1. The van der Waals surface area contributed by atoms with E-state index in [0.717, 1.165) is 19.5 Å². The highest BCUT2D eigenvalue weighted by molar-refractivity contribution is 5.46. The van der Waals surface area contributed by atoms with E-state index in [4.69, 9.17) is 4.74 Å². The summed E-state index contributed by atoms with van der Waals surface area (Å²) in [5.41, 5.74) is 2.53. The van der Waals surface area contributed by atoms with Crippen molar-refractivity contribution in [3.05, 3.63) is 23.3 Å². The van der Waals surface area contributed by atoms with Gasteiger partial charge in [-0.15, -0.1) is 0 Å². The largest absolute Gasteiger partial charge is 0.504 e. The van der Waals surface area contributed by atoms with Crippen LogP contribution in [0, 0.1) is 0 Å². The number of hydrogen-bond donors (Lipinski definition) is 2. The number of quaternary nitrogens is 1. The third-order valence-electron chi connectivity index (χ3n) is 2.48. The van der Waals surface area contributed by atoms with Crippen LogP contribution in [0.4, 0.5) is 0 Å². The van der Waals surface area contributed by atoms with Crippen LogP contribution in [0.2, 0.25) is 0 Å². The van der Waals surface area contributed by atoms with Crippen molar-refractivity contribution < 1.29 is 15.2 Å². The van der Waals surface area contributed by atoms with Crippen molar-refractivity contribution in [3.8, 4) is 11.5 Å². The van der Waals surface area contributed by atoms with Crippen molar-refractivity contribution >= 4 is 0 Å². The first-order valence-corrected chi connectivity index (χ1v) is 4.51. The summed E-state index contributed by atoms with van der Waals surface area (Å²) in [6.45, 7) is 2.09. The number of aromatic hydroxyl groups is 1. The fourth-order valence-electron chi connectivity index (χ4n) is 1.76. The highest BCUT2D eigenvalue weighted by atomic mass is 16.5. The van der Waals surface area contributed by atoms with E-state index in [9.17, 15) is 5.11 Å². The molecule has 2 rings (SSSR count). The molecule has 0 saturated heterocycles. The van der Waals surface area contributed by atoms with E-state index < -0.39 is 0 Å². The molecule has 0 aliphatic carbocycles. The normalized spacial score (nSPS) is 15.2. The molecule has 3 heteroatoms. The lowest BCUT2D eigenvalue weighted by Crippen LogP contribution is -2.84. The van der Waals surface area contributed by atoms with Crippen LogP contribution in [-0.4, -0.2) is 18.8 Å². The summed E-state index contributed by atoms with van der Waals surface area (Å²) in [5.74, 6) is 0.831. The molecular weight excluding hydrogens is 166 g/mol. The van der Waals surface area contributed by atoms with Crippen LogP contribution in [0.15, 0.2) is 12.1 Å². The summed E-state index contributed by atoms with van der Waals surface area (Å²) in [5, 5.41) is 11.8. The molecule has 70 valence electrons. The number of hydrogen-bond acceptors (Lipinski definition) is 2. The molecule has 0 unspecified atom stereocenters. The smallest absolute Gasteiger partial charge is 0.160 e. The third kappa shape index (κ3) is 1.47. The molecule has 0 amide bonds. The van der Waals surface area contributed by atoms with Crippen molar-refractivity contribution in [2.45, 2.75) is 13.0 Å². The fourth-order valence-corrected chi connectivity index (χ4v) is 1.76. The molecule has 0 spiro atoms. The Balaban J connectivity index is 2.44. The Hall–Kier alpha value is -1.22. The summed E-state index contributed by atoms with van der Waals surface area (Å²) in [6, 6.07) is 3.75. The Morgan fingerprint density at radius 3 is 3.00 bits per heavy atom. The highest BCUT2D eigenvalue weighted by Crippen LogP contribution is 2.29. The van der Waals surface area contributed by atoms with Crippen LogP contribution in [-0.2, 0) is 13.0 Å². The van der Waals surface area contributed by atoms with Gasteiger partial charge in [0.05, 0.1) is 13.7 Å². The molecule has 1 aliphatic heterocycles. The zero-order valence-corrected chi connectivity index (χ0v) is 7.71. The first-order valence-electron chi connectivity index (χ1n) is 4.51. The number of nitrogens with two attached hydrogens (primary N) is 1. The van der Waals surface area contributed by atoms with Crippen molar-refractivity contribution in [1.82, 2.24) is 0 Å². The van der Waals surface area contributed by atoms with Gasteiger partial charge in [-0.1, -0.05) is 0 Å². The molecule has 0 radical (unpaired) electrons. The second kappa shape index (κ2) is 3.26. The minimum absolute atomic E-state index is 0.247. The van der Waals surface area contributed by atoms with Gasteiger partial charge >= 0.3 is 0 Å². The molecule has 0 bridgehead atoms. The third-order valence-corrected chi connectivity index (χ3v) is 2.48. The topological polar surface area (TPSA) is 46.1 Å². The Morgan fingerprint density at radius 2 is 2.23 bits per heavy atom. The summed E-state index contributed by atoms with van der Waals surface area (Å²) in [7, 11) is 1.58. The minimum atomic E-state index is 0.247. The van der Waals surface area contributed by atoms with Crippen molar-refractivity contribution in [2.24, 2.45) is 0 Å². The zero-order chi connectivity index (χ0) is 9.26. The van der Waals surface area contributed by atoms with Gasteiger partial charge in [0, 0.05) is 12.0 Å². The van der Waals surface area contributed by atoms with E-state index in [1.165, 1.54) is 11.1 Å². The lowest BCUT2D eigenvalue weighted by atomic mass is 10.0. The van der Waals surface area contributed by atoms with Gasteiger partial charge in [0.15, 0.2) is 11.5 Å². The van der Waals surface area contributed by atoms with E-state index in [1.54, 1.807) is 7.11 Å². The van der Waals surface area contributed by atoms with Crippen LogP contribution < -0.4 is 10.1 Å². The predicted molar refractivity (Wildman–Crippen MR) is 48.9 cm³/mol. The molecule has 3 nitrogen and oxygen atoms in total. The lowest BCUT2D eigenvalue weighted by Gasteiger charge is -2.15. The first-order chi connectivity index (χ1) is 6.31. The average molecular weight is 180 g/mol. The van der Waals surface area contributed by atoms with E-state index in [1.807, 2.05) is 12.1 Å². The van der Waals surface area contributed by atoms with Gasteiger partial charge in [0.25, 0.3) is 0 Å². The van der Waals surface area contributed by atoms with Gasteiger partial charge in [-0.05, 0) is 17.7 Å². The summed E-state index contributed by atoms with van der Waals surface area (Å²) in [6.07, 6.45) is 1.06. The molecule has 13 heavy (non-hydrogen) atoms. The van der Waals surface area contributed by atoms with Crippen LogP contribution in [0.3, 0.4) is 0 Å². The standard InChI is InChI=1S/C10H13NO2/c1-13-10-5-7-2-3-11-6-8(7)4-9(10)12/h4-5,11-12H,2-3,6H2,1H3/p+1. The van der Waals surface area contributed by atoms with Crippen molar-refractivity contribution in [2.75, 3.05) is 13.7 Å². The Kier molecular flexibility index (Phi) is 2.10. The molecule has 1 aromatic rings. The van der Waals surface area contributed by atoms with Crippen LogP contribution >= 0.6 is 0 Å². The number of benzene rings is 1. The maximum Gasteiger partial charge on any atom is 0.160 e. The first kappa shape index (κ1) is 8.38. The van der Waals surface area contributed by atoms with Gasteiger partial charge in [0.2, 0.25) is 0 Å². The number of rotatable bonds is 1. The quantitative estimate of drug-likeness (QED) is 0.640. The molecular formula is C10H14NO2+. The minimum Gasteiger partial charge on any atom is -0.504 e. The molecule has 0 atom stereocenters. The van der Waals surface area contributed by atoms with E-state index in [2.05, 4.69) is 5.32 Å². The van der Waals surface area contributed by atoms with E-state index in [0.29, 0.717) is 5.75 Å². The molecule has 1 heterocycles. The van der Waals surface area contributed by atoms with Crippen LogP contribution in [0.1, 0.15) is 11.1 Å². The number of methoxy groups -OCH3 is 1. The molecule has 1 aliphatic rings. The van der Waals surface area contributed by atoms with Crippen molar-refractivity contribution in [1.29, 1.82) is 0 Å². The Bertz CT molecular complexity index is 323. The van der Waals surface area contributed by atoms with Gasteiger partial charge in [-0.2, -0.15) is 0 Å². The molecule has 0 fully saturated rings. The predicted octanol–water partition coefficient (Wildman–Crippen LogP) is 0.0203. The van der Waals surface area contributed by atoms with Gasteiger partial charge in [0.1, 0.15) is 6.54 Å². The average Bonchev–Trinajstić information content (AvgIpc) is 2.17. The second-order valence-corrected chi connectivity index (χ2v) is 3.32.